The molecule has 5 heteroatoms. The van der Waals surface area contributed by atoms with Crippen molar-refractivity contribution >= 4 is 23.2 Å². The predicted molar refractivity (Wildman–Crippen MR) is 64.6 cm³/mol. The smallest absolute Gasteiger partial charge is 0.303 e. The first-order chi connectivity index (χ1) is 8.18. The molecule has 92 valence electrons. The molecule has 0 radical (unpaired) electrons. The molecular formula is C12H15NO3S. The summed E-state index contributed by atoms with van der Waals surface area (Å²) < 4.78 is 4.76. The number of amides is 1. The van der Waals surface area contributed by atoms with E-state index >= 15 is 0 Å². The SMILES string of the molecule is CC(=O)OCC(=O)N1CCC[C@@H]1c1cccs1. The highest BCUT2D eigenvalue weighted by Crippen LogP contribution is 2.34. The Balaban J connectivity index is 1.99. The maximum absolute atomic E-state index is 11.9. The van der Waals surface area contributed by atoms with Crippen LogP contribution in [0.25, 0.3) is 0 Å². The van der Waals surface area contributed by atoms with Gasteiger partial charge < -0.3 is 9.64 Å². The van der Waals surface area contributed by atoms with Gasteiger partial charge in [0.15, 0.2) is 6.61 Å². The molecule has 1 aliphatic heterocycles. The standard InChI is InChI=1S/C12H15NO3S/c1-9(14)16-8-12(15)13-6-2-4-10(13)11-5-3-7-17-11/h3,5,7,10H,2,4,6,8H2,1H3/t10-/m1/s1. The topological polar surface area (TPSA) is 46.6 Å². The van der Waals surface area contributed by atoms with Crippen LogP contribution >= 0.6 is 11.3 Å². The minimum absolute atomic E-state index is 0.101. The van der Waals surface area contributed by atoms with Gasteiger partial charge in [0, 0.05) is 18.3 Å². The molecule has 0 aromatic carbocycles. The van der Waals surface area contributed by atoms with Crippen LogP contribution in [0.1, 0.15) is 30.7 Å². The molecule has 1 aromatic heterocycles. The van der Waals surface area contributed by atoms with Crippen molar-refractivity contribution in [3.05, 3.63) is 22.4 Å². The van der Waals surface area contributed by atoms with Crippen LogP contribution in [0.3, 0.4) is 0 Å². The lowest BCUT2D eigenvalue weighted by atomic mass is 10.2. The second-order valence-electron chi connectivity index (χ2n) is 4.04. The van der Waals surface area contributed by atoms with Crippen LogP contribution in [-0.4, -0.2) is 29.9 Å². The molecule has 17 heavy (non-hydrogen) atoms. The Morgan fingerprint density at radius 1 is 1.59 bits per heavy atom. The zero-order valence-corrected chi connectivity index (χ0v) is 10.5. The molecule has 1 fully saturated rings. The van der Waals surface area contributed by atoms with Crippen molar-refractivity contribution in [2.75, 3.05) is 13.2 Å². The van der Waals surface area contributed by atoms with Crippen LogP contribution in [0.4, 0.5) is 0 Å². The zero-order valence-electron chi connectivity index (χ0n) is 9.72. The third kappa shape index (κ3) is 2.85. The van der Waals surface area contributed by atoms with Gasteiger partial charge in [0.25, 0.3) is 5.91 Å². The summed E-state index contributed by atoms with van der Waals surface area (Å²) in [6.07, 6.45) is 2.00. The second-order valence-corrected chi connectivity index (χ2v) is 5.02. The number of esters is 1. The van der Waals surface area contributed by atoms with Crippen LogP contribution in [0, 0.1) is 0 Å². The van der Waals surface area contributed by atoms with Crippen molar-refractivity contribution in [3.8, 4) is 0 Å². The molecule has 4 nitrogen and oxygen atoms in total. The molecule has 1 saturated heterocycles. The number of carbonyl (C=O) groups is 2. The summed E-state index contributed by atoms with van der Waals surface area (Å²) in [4.78, 5) is 25.6. The van der Waals surface area contributed by atoms with E-state index in [2.05, 4.69) is 0 Å². The van der Waals surface area contributed by atoms with Gasteiger partial charge in [0.2, 0.25) is 0 Å². The van der Waals surface area contributed by atoms with Crippen LogP contribution in [0.2, 0.25) is 0 Å². The maximum Gasteiger partial charge on any atom is 0.303 e. The van der Waals surface area contributed by atoms with E-state index in [0.717, 1.165) is 19.4 Å². The van der Waals surface area contributed by atoms with Gasteiger partial charge in [-0.15, -0.1) is 11.3 Å². The number of rotatable bonds is 3. The first-order valence-electron chi connectivity index (χ1n) is 5.64. The number of hydrogen-bond acceptors (Lipinski definition) is 4. The Labute approximate surface area is 104 Å². The van der Waals surface area contributed by atoms with Gasteiger partial charge in [-0.3, -0.25) is 9.59 Å². The normalized spacial score (nSPS) is 19.4. The largest absolute Gasteiger partial charge is 0.456 e. The molecule has 0 N–H and O–H groups in total. The van der Waals surface area contributed by atoms with Crippen molar-refractivity contribution < 1.29 is 14.3 Å². The van der Waals surface area contributed by atoms with E-state index in [9.17, 15) is 9.59 Å². The minimum Gasteiger partial charge on any atom is -0.456 e. The molecule has 1 aliphatic rings. The summed E-state index contributed by atoms with van der Waals surface area (Å²) in [7, 11) is 0. The number of hydrogen-bond donors (Lipinski definition) is 0. The highest BCUT2D eigenvalue weighted by Gasteiger charge is 2.30. The minimum atomic E-state index is -0.412. The van der Waals surface area contributed by atoms with Gasteiger partial charge in [0.05, 0.1) is 6.04 Å². The molecule has 0 bridgehead atoms. The quantitative estimate of drug-likeness (QED) is 0.774. The molecule has 0 saturated carbocycles. The van der Waals surface area contributed by atoms with E-state index in [4.69, 9.17) is 4.74 Å². The molecular weight excluding hydrogens is 238 g/mol. The number of thiophene rings is 1. The van der Waals surface area contributed by atoms with Crippen molar-refractivity contribution in [2.24, 2.45) is 0 Å². The fourth-order valence-electron chi connectivity index (χ4n) is 2.09. The van der Waals surface area contributed by atoms with Crippen LogP contribution in [-0.2, 0) is 14.3 Å². The van der Waals surface area contributed by atoms with Crippen LogP contribution < -0.4 is 0 Å². The summed E-state index contributed by atoms with van der Waals surface area (Å²) in [5, 5.41) is 2.02. The van der Waals surface area contributed by atoms with Gasteiger partial charge in [-0.2, -0.15) is 0 Å². The number of carbonyl (C=O) groups excluding carboxylic acids is 2. The summed E-state index contributed by atoms with van der Waals surface area (Å²) in [6.45, 7) is 1.92. The average molecular weight is 253 g/mol. The Hall–Kier alpha value is -1.36. The Bertz CT molecular complexity index is 402. The molecule has 1 atom stereocenters. The summed E-state index contributed by atoms with van der Waals surface area (Å²) in [5.41, 5.74) is 0. The number of nitrogens with zero attached hydrogens (tertiary/aromatic N) is 1. The maximum atomic E-state index is 11.9. The van der Waals surface area contributed by atoms with Gasteiger partial charge in [-0.1, -0.05) is 6.07 Å². The number of likely N-dealkylation sites (tertiary alicyclic amines) is 1. The molecule has 0 aliphatic carbocycles. The monoisotopic (exact) mass is 253 g/mol. The molecule has 2 heterocycles. The van der Waals surface area contributed by atoms with E-state index < -0.39 is 5.97 Å². The van der Waals surface area contributed by atoms with Crippen LogP contribution in [0.5, 0.6) is 0 Å². The predicted octanol–water partition coefficient (Wildman–Crippen LogP) is 1.97. The van der Waals surface area contributed by atoms with E-state index in [1.54, 1.807) is 11.3 Å². The molecule has 0 unspecified atom stereocenters. The van der Waals surface area contributed by atoms with Gasteiger partial charge in [0.1, 0.15) is 0 Å². The van der Waals surface area contributed by atoms with Gasteiger partial charge >= 0.3 is 5.97 Å². The lowest BCUT2D eigenvalue weighted by molar-refractivity contribution is -0.150. The van der Waals surface area contributed by atoms with Crippen molar-refractivity contribution in [3.63, 3.8) is 0 Å². The third-order valence-electron chi connectivity index (χ3n) is 2.84. The Morgan fingerprint density at radius 3 is 3.06 bits per heavy atom. The summed E-state index contributed by atoms with van der Waals surface area (Å²) in [6, 6.07) is 4.21. The second kappa shape index (κ2) is 5.31. The Kier molecular flexibility index (Phi) is 3.78. The first kappa shape index (κ1) is 12.1. The van der Waals surface area contributed by atoms with Gasteiger partial charge in [-0.05, 0) is 24.3 Å². The number of ether oxygens (including phenoxy) is 1. The first-order valence-corrected chi connectivity index (χ1v) is 6.52. The van der Waals surface area contributed by atoms with Gasteiger partial charge in [-0.25, -0.2) is 0 Å². The van der Waals surface area contributed by atoms with Crippen molar-refractivity contribution in [2.45, 2.75) is 25.8 Å². The van der Waals surface area contributed by atoms with Crippen LogP contribution in [0.15, 0.2) is 17.5 Å². The fourth-order valence-corrected chi connectivity index (χ4v) is 2.96. The van der Waals surface area contributed by atoms with Crippen molar-refractivity contribution in [1.82, 2.24) is 4.90 Å². The Morgan fingerprint density at radius 2 is 2.41 bits per heavy atom. The van der Waals surface area contributed by atoms with E-state index in [0.29, 0.717) is 0 Å². The molecule has 1 amide bonds. The van der Waals surface area contributed by atoms with E-state index in [1.807, 2.05) is 22.4 Å². The summed E-state index contributed by atoms with van der Waals surface area (Å²) >= 11 is 1.66. The fraction of sp³-hybridized carbons (Fsp3) is 0.500. The molecule has 0 spiro atoms. The lowest BCUT2D eigenvalue weighted by Gasteiger charge is -2.23. The zero-order chi connectivity index (χ0) is 12.3. The lowest BCUT2D eigenvalue weighted by Crippen LogP contribution is -2.33. The van der Waals surface area contributed by atoms with E-state index in [1.165, 1.54) is 11.8 Å². The average Bonchev–Trinajstić information content (AvgIpc) is 2.94. The highest BCUT2D eigenvalue weighted by atomic mass is 32.1. The summed E-state index contributed by atoms with van der Waals surface area (Å²) in [5.74, 6) is -0.513. The third-order valence-corrected chi connectivity index (χ3v) is 3.82. The molecule has 1 aromatic rings. The van der Waals surface area contributed by atoms with E-state index in [-0.39, 0.29) is 18.6 Å². The molecule has 2 rings (SSSR count). The highest BCUT2D eigenvalue weighted by molar-refractivity contribution is 7.10. The van der Waals surface area contributed by atoms with Crippen molar-refractivity contribution in [1.29, 1.82) is 0 Å².